The molecule has 24 heavy (non-hydrogen) atoms. The van der Waals surface area contributed by atoms with Gasteiger partial charge >= 0.3 is 0 Å². The molecule has 0 unspecified atom stereocenters. The number of nitrogens with zero attached hydrogens (tertiary/aromatic N) is 1. The van der Waals surface area contributed by atoms with Crippen molar-refractivity contribution in [1.82, 2.24) is 10.2 Å². The Bertz CT molecular complexity index is 715. The molecule has 1 saturated heterocycles. The molecule has 128 valence electrons. The largest absolute Gasteiger partial charge is 0.370 e. The molecule has 0 saturated carbocycles. The molecule has 2 aliphatic heterocycles. The average molecular weight is 363 g/mol. The molecule has 4 rings (SSSR count). The molecule has 2 aromatic rings. The van der Waals surface area contributed by atoms with Crippen LogP contribution in [-0.2, 0) is 23.3 Å². The number of nitrogens with one attached hydrogen (secondary N) is 1. The lowest BCUT2D eigenvalue weighted by atomic mass is 9.82. The molecule has 0 aliphatic carbocycles. The summed E-state index contributed by atoms with van der Waals surface area (Å²) in [5, 5.41) is 5.08. The molecule has 1 fully saturated rings. The second-order valence-corrected chi connectivity index (χ2v) is 8.77. The summed E-state index contributed by atoms with van der Waals surface area (Å²) in [6, 6.07) is 6.15. The fourth-order valence-electron chi connectivity index (χ4n) is 3.59. The van der Waals surface area contributed by atoms with Crippen LogP contribution in [0, 0.1) is 0 Å². The average Bonchev–Trinajstić information content (AvgIpc) is 3.25. The highest BCUT2D eigenvalue weighted by molar-refractivity contribution is 7.14. The number of hydrogen-bond acceptors (Lipinski definition) is 5. The first kappa shape index (κ1) is 16.3. The van der Waals surface area contributed by atoms with Gasteiger partial charge in [0, 0.05) is 29.3 Å². The topological polar surface area (TPSA) is 41.6 Å². The third-order valence-corrected chi connectivity index (χ3v) is 7.10. The first-order chi connectivity index (χ1) is 11.7. The zero-order valence-corrected chi connectivity index (χ0v) is 15.5. The summed E-state index contributed by atoms with van der Waals surface area (Å²) in [6.45, 7) is 3.48. The van der Waals surface area contributed by atoms with Gasteiger partial charge < -0.3 is 15.0 Å². The Morgan fingerprint density at radius 3 is 3.00 bits per heavy atom. The highest BCUT2D eigenvalue weighted by atomic mass is 32.1. The van der Waals surface area contributed by atoms with E-state index in [0.717, 1.165) is 43.8 Å². The van der Waals surface area contributed by atoms with E-state index >= 15 is 0 Å². The van der Waals surface area contributed by atoms with Crippen molar-refractivity contribution in [2.75, 3.05) is 26.7 Å². The van der Waals surface area contributed by atoms with Gasteiger partial charge in [-0.2, -0.15) is 0 Å². The Morgan fingerprint density at radius 1 is 1.42 bits per heavy atom. The fourth-order valence-corrected chi connectivity index (χ4v) is 5.38. The number of rotatable bonds is 3. The minimum Gasteiger partial charge on any atom is -0.370 e. The van der Waals surface area contributed by atoms with Gasteiger partial charge in [0.05, 0.1) is 23.6 Å². The minimum atomic E-state index is -0.164. The van der Waals surface area contributed by atoms with Crippen LogP contribution in [0.1, 0.15) is 37.8 Å². The molecule has 2 aliphatic rings. The molecule has 0 radical (unpaired) electrons. The van der Waals surface area contributed by atoms with Gasteiger partial charge in [-0.25, -0.2) is 0 Å². The van der Waals surface area contributed by atoms with Crippen molar-refractivity contribution in [3.63, 3.8) is 0 Å². The highest BCUT2D eigenvalue weighted by Crippen LogP contribution is 2.44. The van der Waals surface area contributed by atoms with Crippen LogP contribution in [0.25, 0.3) is 0 Å². The predicted molar refractivity (Wildman–Crippen MR) is 97.9 cm³/mol. The summed E-state index contributed by atoms with van der Waals surface area (Å²) in [7, 11) is 2.16. The summed E-state index contributed by atoms with van der Waals surface area (Å²) in [5.41, 5.74) is 1.11. The Kier molecular flexibility index (Phi) is 4.47. The Balaban J connectivity index is 1.52. The van der Waals surface area contributed by atoms with E-state index in [9.17, 15) is 4.79 Å². The van der Waals surface area contributed by atoms with E-state index in [-0.39, 0.29) is 11.5 Å². The van der Waals surface area contributed by atoms with Gasteiger partial charge in [-0.15, -0.1) is 22.7 Å². The number of likely N-dealkylation sites (tertiary alicyclic amines) is 1. The van der Waals surface area contributed by atoms with E-state index in [1.54, 1.807) is 22.7 Å². The van der Waals surface area contributed by atoms with Crippen LogP contribution in [0.5, 0.6) is 0 Å². The van der Waals surface area contributed by atoms with Crippen molar-refractivity contribution in [2.24, 2.45) is 0 Å². The van der Waals surface area contributed by atoms with Crippen molar-refractivity contribution in [3.05, 3.63) is 43.8 Å². The molecule has 0 aromatic carbocycles. The van der Waals surface area contributed by atoms with E-state index in [1.165, 1.54) is 15.3 Å². The van der Waals surface area contributed by atoms with Gasteiger partial charge in [-0.05, 0) is 43.0 Å². The Labute approximate surface area is 150 Å². The number of ether oxygens (including phenoxy) is 1. The number of piperidine rings is 1. The number of amides is 1. The van der Waals surface area contributed by atoms with Crippen LogP contribution in [0.3, 0.4) is 0 Å². The van der Waals surface area contributed by atoms with E-state index in [1.807, 2.05) is 17.5 Å². The predicted octanol–water partition coefficient (Wildman–Crippen LogP) is 3.23. The van der Waals surface area contributed by atoms with Crippen molar-refractivity contribution >= 4 is 28.6 Å². The van der Waals surface area contributed by atoms with Crippen molar-refractivity contribution in [3.8, 4) is 0 Å². The normalized spacial score (nSPS) is 20.0. The number of fused-ring (bicyclic) bond motifs is 2. The van der Waals surface area contributed by atoms with E-state index in [4.69, 9.17) is 4.74 Å². The maximum atomic E-state index is 12.5. The Morgan fingerprint density at radius 2 is 2.25 bits per heavy atom. The second kappa shape index (κ2) is 6.59. The highest BCUT2D eigenvalue weighted by Gasteiger charge is 2.41. The monoisotopic (exact) mass is 362 g/mol. The Hall–Kier alpha value is -1.21. The standard InChI is InChI=1S/C18H22N2O2S2/c1-20-7-5-18(6-8-20)14-11-16(24-15(14)4-9-22-18)17(21)19-12-13-3-2-10-23-13/h2-3,10-11H,4-9,12H2,1H3,(H,19,21). The van der Waals surface area contributed by atoms with Crippen LogP contribution < -0.4 is 5.32 Å². The summed E-state index contributed by atoms with van der Waals surface area (Å²) >= 11 is 3.32. The maximum Gasteiger partial charge on any atom is 0.261 e. The van der Waals surface area contributed by atoms with Crippen molar-refractivity contribution < 1.29 is 9.53 Å². The van der Waals surface area contributed by atoms with Gasteiger partial charge in [-0.1, -0.05) is 6.07 Å². The molecule has 4 heterocycles. The maximum absolute atomic E-state index is 12.5. The number of hydrogen-bond donors (Lipinski definition) is 1. The van der Waals surface area contributed by atoms with Crippen LogP contribution in [0.15, 0.2) is 23.6 Å². The van der Waals surface area contributed by atoms with Crippen molar-refractivity contribution in [2.45, 2.75) is 31.4 Å². The van der Waals surface area contributed by atoms with Crippen LogP contribution in [0.2, 0.25) is 0 Å². The molecule has 0 atom stereocenters. The first-order valence-corrected chi connectivity index (χ1v) is 10.1. The van der Waals surface area contributed by atoms with Gasteiger partial charge in [0.2, 0.25) is 0 Å². The molecule has 1 amide bonds. The number of thiophene rings is 2. The molecule has 4 nitrogen and oxygen atoms in total. The van der Waals surface area contributed by atoms with Gasteiger partial charge in [0.25, 0.3) is 5.91 Å². The van der Waals surface area contributed by atoms with Crippen molar-refractivity contribution in [1.29, 1.82) is 0 Å². The molecule has 0 bridgehead atoms. The minimum absolute atomic E-state index is 0.0332. The zero-order chi connectivity index (χ0) is 16.6. The number of carbonyl (C=O) groups excluding carboxylic acids is 1. The third kappa shape index (κ3) is 3.04. The molecule has 6 heteroatoms. The lowest BCUT2D eigenvalue weighted by Gasteiger charge is -2.43. The van der Waals surface area contributed by atoms with E-state index in [2.05, 4.69) is 23.3 Å². The SMILES string of the molecule is CN1CCC2(CC1)OCCc1sc(C(=O)NCc3cccs3)cc12. The summed E-state index contributed by atoms with van der Waals surface area (Å²) < 4.78 is 6.24. The summed E-state index contributed by atoms with van der Waals surface area (Å²) in [5.74, 6) is 0.0332. The summed E-state index contributed by atoms with van der Waals surface area (Å²) in [6.07, 6.45) is 2.96. The summed E-state index contributed by atoms with van der Waals surface area (Å²) in [4.78, 5) is 18.2. The second-order valence-electron chi connectivity index (χ2n) is 6.61. The fraction of sp³-hybridized carbons (Fsp3) is 0.500. The smallest absolute Gasteiger partial charge is 0.261 e. The molecular formula is C18H22N2O2S2. The molecule has 2 aromatic heterocycles. The van der Waals surface area contributed by atoms with E-state index in [0.29, 0.717) is 6.54 Å². The van der Waals surface area contributed by atoms with E-state index < -0.39 is 0 Å². The third-order valence-electron chi connectivity index (χ3n) is 5.03. The van der Waals surface area contributed by atoms with Gasteiger partial charge in [0.1, 0.15) is 0 Å². The molecule has 1 spiro atoms. The van der Waals surface area contributed by atoms with Crippen LogP contribution in [0.4, 0.5) is 0 Å². The molecular weight excluding hydrogens is 340 g/mol. The van der Waals surface area contributed by atoms with Gasteiger partial charge in [0.15, 0.2) is 0 Å². The van der Waals surface area contributed by atoms with Crippen LogP contribution in [-0.4, -0.2) is 37.6 Å². The lowest BCUT2D eigenvalue weighted by molar-refractivity contribution is -0.0942. The number of carbonyl (C=O) groups is 1. The zero-order valence-electron chi connectivity index (χ0n) is 13.8. The first-order valence-electron chi connectivity index (χ1n) is 8.43. The lowest BCUT2D eigenvalue weighted by Crippen LogP contribution is -2.44. The van der Waals surface area contributed by atoms with Gasteiger partial charge in [-0.3, -0.25) is 4.79 Å². The quantitative estimate of drug-likeness (QED) is 0.911. The van der Waals surface area contributed by atoms with Crippen LogP contribution >= 0.6 is 22.7 Å². The molecule has 1 N–H and O–H groups in total.